The number of aryl methyl sites for hydroxylation is 1. The largest absolute Gasteiger partial charge is 0.492 e. The average molecular weight is 344 g/mol. The van der Waals surface area contributed by atoms with Gasteiger partial charge in [0.25, 0.3) is 0 Å². The zero-order valence-corrected chi connectivity index (χ0v) is 13.8. The fourth-order valence-electron chi connectivity index (χ4n) is 2.92. The minimum atomic E-state index is -0.359. The van der Waals surface area contributed by atoms with E-state index in [4.69, 9.17) is 4.74 Å². The van der Waals surface area contributed by atoms with Crippen molar-refractivity contribution in [2.75, 3.05) is 18.5 Å². The second-order valence-corrected chi connectivity index (χ2v) is 6.02. The van der Waals surface area contributed by atoms with Crippen LogP contribution in [0.3, 0.4) is 0 Å². The Bertz CT molecular complexity index is 734. The lowest BCUT2D eigenvalue weighted by atomic mass is 9.88. The van der Waals surface area contributed by atoms with Gasteiger partial charge in [-0.25, -0.2) is 9.18 Å². The maximum Gasteiger partial charge on any atom is 0.319 e. The van der Waals surface area contributed by atoms with Crippen LogP contribution in [0.15, 0.2) is 42.5 Å². The van der Waals surface area contributed by atoms with Gasteiger partial charge in [-0.1, -0.05) is 12.1 Å². The molecule has 5 nitrogen and oxygen atoms in total. The van der Waals surface area contributed by atoms with E-state index in [1.807, 2.05) is 18.2 Å². The predicted octanol–water partition coefficient (Wildman–Crippen LogP) is 2.88. The number of anilines is 1. The summed E-state index contributed by atoms with van der Waals surface area (Å²) in [5.74, 6) is 0.232. The number of nitrogens with one attached hydrogen (secondary N) is 2. The normalized spacial score (nSPS) is 16.0. The summed E-state index contributed by atoms with van der Waals surface area (Å²) in [6, 6.07) is 11.2. The molecule has 0 saturated carbocycles. The quantitative estimate of drug-likeness (QED) is 0.731. The Morgan fingerprint density at radius 1 is 1.24 bits per heavy atom. The van der Waals surface area contributed by atoms with E-state index in [9.17, 15) is 14.3 Å². The van der Waals surface area contributed by atoms with E-state index in [2.05, 4.69) is 10.6 Å². The molecule has 132 valence electrons. The van der Waals surface area contributed by atoms with Crippen LogP contribution in [-0.4, -0.2) is 30.4 Å². The number of aliphatic hydroxyl groups excluding tert-OH is 1. The summed E-state index contributed by atoms with van der Waals surface area (Å²) in [7, 11) is 0. The van der Waals surface area contributed by atoms with Gasteiger partial charge in [-0.2, -0.15) is 0 Å². The van der Waals surface area contributed by atoms with Crippen molar-refractivity contribution < 1.29 is 19.0 Å². The molecular weight excluding hydrogens is 323 g/mol. The zero-order valence-electron chi connectivity index (χ0n) is 13.8. The summed E-state index contributed by atoms with van der Waals surface area (Å²) in [4.78, 5) is 12.0. The smallest absolute Gasteiger partial charge is 0.319 e. The summed E-state index contributed by atoms with van der Waals surface area (Å²) in [5, 5.41) is 15.4. The number of aliphatic hydroxyl groups is 1. The Kier molecular flexibility index (Phi) is 5.50. The number of rotatable bonds is 5. The lowest BCUT2D eigenvalue weighted by molar-refractivity contribution is 0.159. The molecule has 1 aliphatic rings. The second kappa shape index (κ2) is 7.98. The highest BCUT2D eigenvalue weighted by Gasteiger charge is 2.19. The molecule has 0 radical (unpaired) electrons. The Morgan fingerprint density at radius 2 is 2.04 bits per heavy atom. The zero-order chi connectivity index (χ0) is 17.6. The topological polar surface area (TPSA) is 70.6 Å². The lowest BCUT2D eigenvalue weighted by Crippen LogP contribution is -2.33. The van der Waals surface area contributed by atoms with Crippen LogP contribution >= 0.6 is 0 Å². The molecule has 3 rings (SSSR count). The van der Waals surface area contributed by atoms with E-state index >= 15 is 0 Å². The number of benzene rings is 2. The number of amides is 2. The number of carbonyl (C=O) groups is 1. The van der Waals surface area contributed by atoms with Crippen molar-refractivity contribution in [1.82, 2.24) is 5.32 Å². The van der Waals surface area contributed by atoms with Crippen molar-refractivity contribution in [2.45, 2.75) is 25.4 Å². The molecule has 0 fully saturated rings. The monoisotopic (exact) mass is 344 g/mol. The van der Waals surface area contributed by atoms with Gasteiger partial charge in [0.2, 0.25) is 0 Å². The van der Waals surface area contributed by atoms with Gasteiger partial charge in [-0.15, -0.1) is 0 Å². The molecule has 6 heteroatoms. The van der Waals surface area contributed by atoms with Crippen LogP contribution in [0.1, 0.15) is 17.5 Å². The number of halogens is 1. The number of carbonyl (C=O) groups excluding carboxylic acids is 1. The third kappa shape index (κ3) is 4.70. The van der Waals surface area contributed by atoms with Crippen LogP contribution in [0.5, 0.6) is 5.75 Å². The summed E-state index contributed by atoms with van der Waals surface area (Å²) in [6.45, 7) is 0.603. The van der Waals surface area contributed by atoms with Crippen molar-refractivity contribution >= 4 is 11.7 Å². The van der Waals surface area contributed by atoms with Crippen LogP contribution in [0, 0.1) is 5.82 Å². The first-order valence-corrected chi connectivity index (χ1v) is 8.34. The summed E-state index contributed by atoms with van der Waals surface area (Å²) in [5.41, 5.74) is 2.90. The molecule has 2 amide bonds. The molecule has 25 heavy (non-hydrogen) atoms. The fraction of sp³-hybridized carbons (Fsp3) is 0.316. The van der Waals surface area contributed by atoms with E-state index in [0.717, 1.165) is 24.1 Å². The predicted molar refractivity (Wildman–Crippen MR) is 93.4 cm³/mol. The summed E-state index contributed by atoms with van der Waals surface area (Å²) in [6.07, 6.45) is 1.77. The van der Waals surface area contributed by atoms with E-state index in [1.54, 1.807) is 0 Å². The minimum Gasteiger partial charge on any atom is -0.492 e. The number of fused-ring (bicyclic) bond motifs is 1. The Balaban J connectivity index is 1.47. The first-order chi connectivity index (χ1) is 12.1. The van der Waals surface area contributed by atoms with Crippen LogP contribution in [0.4, 0.5) is 14.9 Å². The Labute approximate surface area is 145 Å². The van der Waals surface area contributed by atoms with E-state index < -0.39 is 0 Å². The Hall–Kier alpha value is -2.60. The van der Waals surface area contributed by atoms with Crippen molar-refractivity contribution in [3.05, 3.63) is 59.4 Å². The number of urea groups is 1. The number of hydrogen-bond donors (Lipinski definition) is 3. The van der Waals surface area contributed by atoms with Crippen molar-refractivity contribution in [3.63, 3.8) is 0 Å². The summed E-state index contributed by atoms with van der Waals surface area (Å²) >= 11 is 0. The average Bonchev–Trinajstić information content (AvgIpc) is 2.61. The second-order valence-electron chi connectivity index (χ2n) is 6.02. The maximum atomic E-state index is 12.8. The maximum absolute atomic E-state index is 12.8. The molecule has 0 heterocycles. The van der Waals surface area contributed by atoms with E-state index in [1.165, 1.54) is 29.8 Å². The molecular formula is C19H21FN2O3. The van der Waals surface area contributed by atoms with Gasteiger partial charge in [0.1, 0.15) is 18.2 Å². The number of hydrogen-bond acceptors (Lipinski definition) is 3. The molecule has 3 N–H and O–H groups in total. The van der Waals surface area contributed by atoms with Crippen LogP contribution in [-0.2, 0) is 12.8 Å². The molecule has 0 bridgehead atoms. The van der Waals surface area contributed by atoms with Crippen molar-refractivity contribution in [2.24, 2.45) is 0 Å². The third-order valence-corrected chi connectivity index (χ3v) is 4.18. The molecule has 0 aromatic heterocycles. The van der Waals surface area contributed by atoms with Gasteiger partial charge in [0, 0.05) is 12.1 Å². The summed E-state index contributed by atoms with van der Waals surface area (Å²) < 4.78 is 18.2. The van der Waals surface area contributed by atoms with Crippen LogP contribution in [0.2, 0.25) is 0 Å². The first kappa shape index (κ1) is 17.2. The molecule has 1 aliphatic carbocycles. The van der Waals surface area contributed by atoms with E-state index in [-0.39, 0.29) is 24.6 Å². The van der Waals surface area contributed by atoms with Gasteiger partial charge in [0.15, 0.2) is 0 Å². The van der Waals surface area contributed by atoms with E-state index in [0.29, 0.717) is 18.7 Å². The molecule has 2 aromatic rings. The minimum absolute atomic E-state index is 0.282. The third-order valence-electron chi connectivity index (χ3n) is 4.18. The highest BCUT2D eigenvalue weighted by atomic mass is 19.1. The van der Waals surface area contributed by atoms with Gasteiger partial charge < -0.3 is 20.5 Å². The van der Waals surface area contributed by atoms with Crippen molar-refractivity contribution in [1.29, 1.82) is 0 Å². The fourth-order valence-corrected chi connectivity index (χ4v) is 2.92. The van der Waals surface area contributed by atoms with Crippen LogP contribution < -0.4 is 15.4 Å². The van der Waals surface area contributed by atoms with Crippen LogP contribution in [0.25, 0.3) is 0 Å². The molecule has 0 saturated heterocycles. The molecule has 1 atom stereocenters. The number of ether oxygens (including phenoxy) is 1. The molecule has 0 spiro atoms. The first-order valence-electron chi connectivity index (χ1n) is 8.34. The SMILES string of the molecule is O=C(NCCOc1ccc(F)cc1)Nc1cccc2c1C[C@H](O)CC2. The van der Waals surface area contributed by atoms with Gasteiger partial charge >= 0.3 is 6.03 Å². The lowest BCUT2D eigenvalue weighted by Gasteiger charge is -2.23. The highest BCUT2D eigenvalue weighted by molar-refractivity contribution is 5.90. The van der Waals surface area contributed by atoms with Gasteiger partial charge in [-0.05, 0) is 54.3 Å². The van der Waals surface area contributed by atoms with Gasteiger partial charge in [-0.3, -0.25) is 0 Å². The molecule has 0 aliphatic heterocycles. The standard InChI is InChI=1S/C19H21FN2O3/c20-14-5-8-16(9-6-14)25-11-10-21-19(24)22-18-3-1-2-13-4-7-15(23)12-17(13)18/h1-3,5-6,8-9,15,23H,4,7,10-12H2,(H2,21,22,24)/t15-/m1/s1. The molecule has 2 aromatic carbocycles. The highest BCUT2D eigenvalue weighted by Crippen LogP contribution is 2.28. The van der Waals surface area contributed by atoms with Gasteiger partial charge in [0.05, 0.1) is 12.6 Å². The molecule has 0 unspecified atom stereocenters. The Morgan fingerprint density at radius 3 is 2.84 bits per heavy atom. The van der Waals surface area contributed by atoms with Crippen molar-refractivity contribution in [3.8, 4) is 5.75 Å².